The molecule has 5 nitrogen and oxygen atoms in total. The summed E-state index contributed by atoms with van der Waals surface area (Å²) < 4.78 is 50.5. The average molecular weight is 361 g/mol. The van der Waals surface area contributed by atoms with Gasteiger partial charge in [-0.15, -0.1) is 0 Å². The summed E-state index contributed by atoms with van der Waals surface area (Å²) in [5.74, 6) is -6.74. The summed E-state index contributed by atoms with van der Waals surface area (Å²) in [6, 6.07) is -0.520. The zero-order chi connectivity index (χ0) is 19.4. The molecule has 0 amide bonds. The maximum Gasteiger partial charge on any atom is 0.311 e. The highest BCUT2D eigenvalue weighted by molar-refractivity contribution is 5.81. The third-order valence-corrected chi connectivity index (χ3v) is 3.23. The van der Waals surface area contributed by atoms with Crippen molar-refractivity contribution < 1.29 is 32.2 Å². The fourth-order valence-electron chi connectivity index (χ4n) is 2.14. The molecule has 0 radical (unpaired) electrons. The van der Waals surface area contributed by atoms with Gasteiger partial charge in [-0.2, -0.15) is 0 Å². The quantitative estimate of drug-likeness (QED) is 0.622. The van der Waals surface area contributed by atoms with E-state index in [2.05, 4.69) is 0 Å². The number of ether oxygens (including phenoxy) is 2. The van der Waals surface area contributed by atoms with Gasteiger partial charge >= 0.3 is 11.9 Å². The number of carbonyl (C=O) groups is 2. The highest BCUT2D eigenvalue weighted by atomic mass is 19.2. The summed E-state index contributed by atoms with van der Waals surface area (Å²) in [4.78, 5) is 24.1. The molecule has 2 N–H and O–H groups in total. The second-order valence-electron chi connectivity index (χ2n) is 6.46. The summed E-state index contributed by atoms with van der Waals surface area (Å²) >= 11 is 0. The lowest BCUT2D eigenvalue weighted by Gasteiger charge is -2.27. The third-order valence-electron chi connectivity index (χ3n) is 3.23. The molecule has 2 unspecified atom stereocenters. The Balaban J connectivity index is 3.19. The van der Waals surface area contributed by atoms with Gasteiger partial charge in [0.05, 0.1) is 18.9 Å². The lowest BCUT2D eigenvalue weighted by molar-refractivity contribution is -0.164. The van der Waals surface area contributed by atoms with E-state index in [1.54, 1.807) is 27.7 Å². The molecule has 0 aliphatic rings. The summed E-state index contributed by atoms with van der Waals surface area (Å²) in [6.07, 6.45) is -0.484. The first-order valence-corrected chi connectivity index (χ1v) is 7.74. The fourth-order valence-corrected chi connectivity index (χ4v) is 2.14. The number of nitrogens with two attached hydrogens (primary N) is 1. The zero-order valence-corrected chi connectivity index (χ0v) is 14.6. The highest BCUT2D eigenvalue weighted by Crippen LogP contribution is 2.29. The normalized spacial score (nSPS) is 13.9. The van der Waals surface area contributed by atoms with Crippen molar-refractivity contribution in [2.24, 2.45) is 11.7 Å². The average Bonchev–Trinajstić information content (AvgIpc) is 2.46. The van der Waals surface area contributed by atoms with Crippen LogP contribution >= 0.6 is 0 Å². The van der Waals surface area contributed by atoms with Crippen LogP contribution in [0.4, 0.5) is 13.2 Å². The van der Waals surface area contributed by atoms with E-state index < -0.39 is 58.9 Å². The lowest BCUT2D eigenvalue weighted by Crippen LogP contribution is -2.36. The monoisotopic (exact) mass is 361 g/mol. The minimum absolute atomic E-state index is 0.0780. The van der Waals surface area contributed by atoms with Gasteiger partial charge in [-0.25, -0.2) is 13.2 Å². The smallest absolute Gasteiger partial charge is 0.311 e. The lowest BCUT2D eigenvalue weighted by atomic mass is 9.90. The molecule has 0 fully saturated rings. The van der Waals surface area contributed by atoms with Crippen LogP contribution in [0.25, 0.3) is 0 Å². The van der Waals surface area contributed by atoms with Gasteiger partial charge in [0.15, 0.2) is 11.6 Å². The van der Waals surface area contributed by atoms with E-state index in [-0.39, 0.29) is 6.61 Å². The molecule has 0 saturated heterocycles. The molecule has 0 spiro atoms. The van der Waals surface area contributed by atoms with Crippen LogP contribution in [0.1, 0.15) is 45.7 Å². The van der Waals surface area contributed by atoms with Crippen LogP contribution in [0.15, 0.2) is 12.1 Å². The second-order valence-corrected chi connectivity index (χ2v) is 6.46. The Morgan fingerprint density at radius 1 is 1.12 bits per heavy atom. The number of rotatable bonds is 6. The molecule has 0 heterocycles. The Hall–Kier alpha value is -2.09. The number of benzene rings is 1. The van der Waals surface area contributed by atoms with Gasteiger partial charge in [-0.3, -0.25) is 9.59 Å². The molecule has 0 bridgehead atoms. The maximum absolute atomic E-state index is 14.0. The van der Waals surface area contributed by atoms with Crippen LogP contribution in [0.5, 0.6) is 0 Å². The van der Waals surface area contributed by atoms with E-state index in [0.717, 1.165) is 0 Å². The van der Waals surface area contributed by atoms with Crippen molar-refractivity contribution in [1.29, 1.82) is 0 Å². The summed E-state index contributed by atoms with van der Waals surface area (Å²) in [7, 11) is 0. The van der Waals surface area contributed by atoms with Crippen molar-refractivity contribution in [3.63, 3.8) is 0 Å². The summed E-state index contributed by atoms with van der Waals surface area (Å²) in [5.41, 5.74) is 4.58. The molecule has 1 rings (SSSR count). The Kier molecular flexibility index (Phi) is 6.98. The van der Waals surface area contributed by atoms with Crippen molar-refractivity contribution in [2.45, 2.75) is 45.8 Å². The van der Waals surface area contributed by atoms with Crippen LogP contribution in [-0.2, 0) is 19.1 Å². The number of halogens is 3. The van der Waals surface area contributed by atoms with Crippen molar-refractivity contribution in [3.8, 4) is 0 Å². The van der Waals surface area contributed by atoms with Crippen molar-refractivity contribution in [2.75, 3.05) is 6.61 Å². The molecule has 8 heteroatoms. The van der Waals surface area contributed by atoms with Crippen LogP contribution in [0.3, 0.4) is 0 Å². The maximum atomic E-state index is 14.0. The van der Waals surface area contributed by atoms with Crippen LogP contribution < -0.4 is 5.73 Å². The molecule has 0 aromatic heterocycles. The van der Waals surface area contributed by atoms with E-state index in [1.165, 1.54) is 0 Å². The van der Waals surface area contributed by atoms with Crippen LogP contribution in [0.2, 0.25) is 0 Å². The van der Waals surface area contributed by atoms with E-state index in [0.29, 0.717) is 12.1 Å². The van der Waals surface area contributed by atoms with Gasteiger partial charge in [0.2, 0.25) is 0 Å². The molecule has 25 heavy (non-hydrogen) atoms. The molecule has 0 aliphatic heterocycles. The number of carbonyl (C=O) groups excluding carboxylic acids is 2. The fraction of sp³-hybridized carbons (Fsp3) is 0.529. The van der Waals surface area contributed by atoms with Crippen LogP contribution in [0, 0.1) is 23.4 Å². The minimum atomic E-state index is -1.42. The Labute approximate surface area is 144 Å². The van der Waals surface area contributed by atoms with Crippen molar-refractivity contribution in [3.05, 3.63) is 35.1 Å². The SMILES string of the molecule is CCOC(=O)CC(C(=O)OC(C)(C)C)C(N)c1cc(F)c(F)cc1F. The number of esters is 2. The Morgan fingerprint density at radius 3 is 2.20 bits per heavy atom. The standard InChI is InChI=1S/C17H22F3NO4/c1-5-24-14(22)7-10(16(23)25-17(2,3)4)15(21)9-6-12(19)13(20)8-11(9)18/h6,8,10,15H,5,7,21H2,1-4H3. The molecular formula is C17H22F3NO4. The van der Waals surface area contributed by atoms with E-state index >= 15 is 0 Å². The van der Waals surface area contributed by atoms with Crippen molar-refractivity contribution in [1.82, 2.24) is 0 Å². The molecule has 0 aliphatic carbocycles. The summed E-state index contributed by atoms with van der Waals surface area (Å²) in [5, 5.41) is 0. The van der Waals surface area contributed by atoms with Gasteiger partial charge in [0.25, 0.3) is 0 Å². The molecule has 1 aromatic carbocycles. The summed E-state index contributed by atoms with van der Waals surface area (Å²) in [6.45, 7) is 6.48. The predicted octanol–water partition coefficient (Wildman–Crippen LogP) is 3.01. The first kappa shape index (κ1) is 21.0. The Bertz CT molecular complexity index is 644. The van der Waals surface area contributed by atoms with Gasteiger partial charge in [0.1, 0.15) is 11.4 Å². The number of hydrogen-bond donors (Lipinski definition) is 1. The third kappa shape index (κ3) is 6.04. The molecule has 2 atom stereocenters. The van der Waals surface area contributed by atoms with E-state index in [4.69, 9.17) is 15.2 Å². The topological polar surface area (TPSA) is 78.6 Å². The second kappa shape index (κ2) is 8.33. The van der Waals surface area contributed by atoms with Crippen molar-refractivity contribution >= 4 is 11.9 Å². The van der Waals surface area contributed by atoms with E-state index in [9.17, 15) is 22.8 Å². The molecule has 0 saturated carbocycles. The highest BCUT2D eigenvalue weighted by Gasteiger charge is 2.35. The van der Waals surface area contributed by atoms with E-state index in [1.807, 2.05) is 0 Å². The molecule has 1 aromatic rings. The molecule has 140 valence electrons. The largest absolute Gasteiger partial charge is 0.466 e. The zero-order valence-electron chi connectivity index (χ0n) is 14.6. The number of hydrogen-bond acceptors (Lipinski definition) is 5. The Morgan fingerprint density at radius 2 is 1.68 bits per heavy atom. The first-order chi connectivity index (χ1) is 11.5. The van der Waals surface area contributed by atoms with Gasteiger partial charge in [-0.05, 0) is 33.8 Å². The first-order valence-electron chi connectivity index (χ1n) is 7.74. The van der Waals surface area contributed by atoms with Gasteiger partial charge < -0.3 is 15.2 Å². The van der Waals surface area contributed by atoms with Gasteiger partial charge in [0, 0.05) is 17.7 Å². The minimum Gasteiger partial charge on any atom is -0.466 e. The molecular weight excluding hydrogens is 339 g/mol. The van der Waals surface area contributed by atoms with Crippen LogP contribution in [-0.4, -0.2) is 24.1 Å². The predicted molar refractivity (Wildman–Crippen MR) is 83.8 cm³/mol. The van der Waals surface area contributed by atoms with Gasteiger partial charge in [-0.1, -0.05) is 0 Å².